The summed E-state index contributed by atoms with van der Waals surface area (Å²) in [5.41, 5.74) is 0. The van der Waals surface area contributed by atoms with Crippen LogP contribution in [0.3, 0.4) is 0 Å². The van der Waals surface area contributed by atoms with Crippen LogP contribution >= 0.6 is 0 Å². The summed E-state index contributed by atoms with van der Waals surface area (Å²) in [4.78, 5) is 9.29. The van der Waals surface area contributed by atoms with E-state index in [0.717, 1.165) is 6.54 Å². The van der Waals surface area contributed by atoms with Crippen molar-refractivity contribution in [1.29, 1.82) is 0 Å². The van der Waals surface area contributed by atoms with Gasteiger partial charge in [-0.1, -0.05) is 13.8 Å². The zero-order chi connectivity index (χ0) is 8.83. The number of ether oxygens (including phenoxy) is 1. The molecule has 0 fully saturated rings. The van der Waals surface area contributed by atoms with E-state index in [9.17, 15) is 4.79 Å². The quantitative estimate of drug-likeness (QED) is 0.596. The third-order valence-corrected chi connectivity index (χ3v) is 0.287. The number of hydrogen-bond acceptors (Lipinski definition) is 2. The van der Waals surface area contributed by atoms with Gasteiger partial charge in [0.05, 0.1) is 0 Å². The van der Waals surface area contributed by atoms with Gasteiger partial charge in [-0.2, -0.15) is 0 Å². The largest absolute Gasteiger partial charge is 0.388 e. The van der Waals surface area contributed by atoms with E-state index in [0.29, 0.717) is 6.41 Å². The van der Waals surface area contributed by atoms with Crippen LogP contribution in [0.25, 0.3) is 0 Å². The molecule has 0 aliphatic rings. The lowest BCUT2D eigenvalue weighted by Gasteiger charge is -1.78. The van der Waals surface area contributed by atoms with E-state index in [1.165, 1.54) is 0 Å². The van der Waals surface area contributed by atoms with Crippen LogP contribution < -0.4 is 5.32 Å². The molecule has 0 saturated carbocycles. The molecule has 64 valence electrons. The van der Waals surface area contributed by atoms with Gasteiger partial charge in [0.15, 0.2) is 0 Å². The van der Waals surface area contributed by atoms with Gasteiger partial charge in [0.1, 0.15) is 0 Å². The van der Waals surface area contributed by atoms with Crippen LogP contribution in [-0.2, 0) is 9.53 Å². The van der Waals surface area contributed by atoms with Crippen LogP contribution in [0.4, 0.5) is 0 Å². The second kappa shape index (κ2) is 39.6. The van der Waals surface area contributed by atoms with Crippen molar-refractivity contribution in [2.45, 2.75) is 20.8 Å². The van der Waals surface area contributed by atoms with Crippen LogP contribution in [0, 0.1) is 0 Å². The molecular weight excluding hydrogens is 130 g/mol. The third kappa shape index (κ3) is 150. The number of methoxy groups -OCH3 is 1. The van der Waals surface area contributed by atoms with Crippen molar-refractivity contribution in [2.75, 3.05) is 20.8 Å². The Balaban J connectivity index is -0.0000000847. The molecule has 0 aromatic rings. The molecule has 0 aliphatic carbocycles. The minimum absolute atomic E-state index is 0.681. The highest BCUT2D eigenvalue weighted by atomic mass is 16.4. The van der Waals surface area contributed by atoms with Crippen molar-refractivity contribution in [2.24, 2.45) is 0 Å². The number of rotatable bonds is 2. The summed E-state index contributed by atoms with van der Waals surface area (Å²) in [6, 6.07) is 0. The molecule has 0 atom stereocenters. The van der Waals surface area contributed by atoms with Crippen molar-refractivity contribution < 1.29 is 9.53 Å². The average molecular weight is 149 g/mol. The molecule has 0 unspecified atom stereocenters. The van der Waals surface area contributed by atoms with Crippen molar-refractivity contribution in [3.8, 4) is 0 Å². The monoisotopic (exact) mass is 149 g/mol. The Morgan fingerprint density at radius 2 is 1.70 bits per heavy atom. The standard InChI is InChI=1S/C3H7NO.C2H6O.C2H6/c1-2-4-3-5;1-3-2;1-2/h3H,2H2,1H3,(H,4,5);1-2H3;1-2H3. The average Bonchev–Trinajstić information content (AvgIpc) is 1.96. The molecule has 0 bridgehead atoms. The maximum atomic E-state index is 9.29. The van der Waals surface area contributed by atoms with E-state index in [1.807, 2.05) is 20.8 Å². The van der Waals surface area contributed by atoms with Gasteiger partial charge in [-0.25, -0.2) is 0 Å². The van der Waals surface area contributed by atoms with Gasteiger partial charge in [-0.05, 0) is 6.92 Å². The Labute approximate surface area is 63.8 Å². The zero-order valence-electron chi connectivity index (χ0n) is 7.60. The van der Waals surface area contributed by atoms with Crippen molar-refractivity contribution in [3.63, 3.8) is 0 Å². The Kier molecular flexibility index (Phi) is 64.1. The summed E-state index contributed by atoms with van der Waals surface area (Å²) in [5, 5.41) is 2.43. The second-order valence-electron chi connectivity index (χ2n) is 1.08. The van der Waals surface area contributed by atoms with Gasteiger partial charge < -0.3 is 10.1 Å². The molecule has 0 aliphatic heterocycles. The fourth-order valence-electron chi connectivity index (χ4n) is 0.0833. The van der Waals surface area contributed by atoms with Gasteiger partial charge in [0.2, 0.25) is 6.41 Å². The lowest BCUT2D eigenvalue weighted by Crippen LogP contribution is -2.07. The maximum absolute atomic E-state index is 9.29. The molecule has 3 nitrogen and oxygen atoms in total. The van der Waals surface area contributed by atoms with Gasteiger partial charge in [0.25, 0.3) is 0 Å². The second-order valence-corrected chi connectivity index (χ2v) is 1.08. The fourth-order valence-corrected chi connectivity index (χ4v) is 0.0833. The summed E-state index contributed by atoms with van der Waals surface area (Å²) >= 11 is 0. The van der Waals surface area contributed by atoms with E-state index in [2.05, 4.69) is 10.1 Å². The highest BCUT2D eigenvalue weighted by Gasteiger charge is 1.59. The zero-order valence-corrected chi connectivity index (χ0v) is 7.60. The Morgan fingerprint density at radius 1 is 1.40 bits per heavy atom. The molecule has 10 heavy (non-hydrogen) atoms. The summed E-state index contributed by atoms with van der Waals surface area (Å²) in [5.74, 6) is 0. The molecule has 0 aromatic heterocycles. The van der Waals surface area contributed by atoms with Gasteiger partial charge in [-0.3, -0.25) is 4.79 Å². The van der Waals surface area contributed by atoms with E-state index in [4.69, 9.17) is 0 Å². The lowest BCUT2D eigenvalue weighted by molar-refractivity contribution is -0.109. The van der Waals surface area contributed by atoms with E-state index < -0.39 is 0 Å². The molecule has 0 saturated heterocycles. The highest BCUT2D eigenvalue weighted by molar-refractivity contribution is 5.45. The molecule has 1 amide bonds. The fraction of sp³-hybridized carbons (Fsp3) is 0.857. The summed E-state index contributed by atoms with van der Waals surface area (Å²) in [6.07, 6.45) is 0.681. The maximum Gasteiger partial charge on any atom is 0.207 e. The van der Waals surface area contributed by atoms with Crippen LogP contribution in [-0.4, -0.2) is 27.2 Å². The first-order valence-electron chi connectivity index (χ1n) is 3.40. The Bertz CT molecular complexity index is 40.6. The first-order valence-corrected chi connectivity index (χ1v) is 3.40. The first-order chi connectivity index (χ1) is 4.83. The molecule has 0 aromatic carbocycles. The van der Waals surface area contributed by atoms with Gasteiger partial charge in [0, 0.05) is 20.8 Å². The Morgan fingerprint density at radius 3 is 1.70 bits per heavy atom. The lowest BCUT2D eigenvalue weighted by atomic mass is 10.8. The van der Waals surface area contributed by atoms with E-state index in [1.54, 1.807) is 14.2 Å². The molecule has 0 rings (SSSR count). The first kappa shape index (κ1) is 16.2. The summed E-state index contributed by atoms with van der Waals surface area (Å²) in [6.45, 7) is 6.60. The van der Waals surface area contributed by atoms with Crippen molar-refractivity contribution in [1.82, 2.24) is 5.32 Å². The number of carbonyl (C=O) groups excluding carboxylic acids is 1. The SMILES string of the molecule is CC.CCNC=O.COC. The molecule has 0 spiro atoms. The predicted molar refractivity (Wildman–Crippen MR) is 44.0 cm³/mol. The highest BCUT2D eigenvalue weighted by Crippen LogP contribution is 1.37. The van der Waals surface area contributed by atoms with Crippen LogP contribution in [0.1, 0.15) is 20.8 Å². The molecule has 0 heterocycles. The predicted octanol–water partition coefficient (Wildman–Crippen LogP) is 1.04. The number of amides is 1. The van der Waals surface area contributed by atoms with Gasteiger partial charge in [-0.15, -0.1) is 0 Å². The summed E-state index contributed by atoms with van der Waals surface area (Å²) < 4.78 is 4.25. The minimum atomic E-state index is 0.681. The number of hydrogen-bond donors (Lipinski definition) is 1. The van der Waals surface area contributed by atoms with E-state index >= 15 is 0 Å². The van der Waals surface area contributed by atoms with Crippen molar-refractivity contribution in [3.05, 3.63) is 0 Å². The van der Waals surface area contributed by atoms with Crippen LogP contribution in [0.2, 0.25) is 0 Å². The normalized spacial score (nSPS) is 5.70. The summed E-state index contributed by atoms with van der Waals surface area (Å²) in [7, 11) is 3.25. The van der Waals surface area contributed by atoms with Crippen LogP contribution in [0.15, 0.2) is 0 Å². The van der Waals surface area contributed by atoms with Gasteiger partial charge >= 0.3 is 0 Å². The smallest absolute Gasteiger partial charge is 0.207 e. The molecule has 1 N–H and O–H groups in total. The Hall–Kier alpha value is -0.570. The number of nitrogens with one attached hydrogen (secondary N) is 1. The minimum Gasteiger partial charge on any atom is -0.388 e. The third-order valence-electron chi connectivity index (χ3n) is 0.287. The van der Waals surface area contributed by atoms with Crippen molar-refractivity contribution >= 4 is 6.41 Å². The topological polar surface area (TPSA) is 38.3 Å². The molecule has 3 heteroatoms. The van der Waals surface area contributed by atoms with Crippen LogP contribution in [0.5, 0.6) is 0 Å². The molecule has 0 radical (unpaired) electrons. The van der Waals surface area contributed by atoms with E-state index in [-0.39, 0.29) is 0 Å². The molecular formula is C7H19NO2. The number of carbonyl (C=O) groups is 1.